The third-order valence-electron chi connectivity index (χ3n) is 4.82. The molecule has 0 aliphatic heterocycles. The van der Waals surface area contributed by atoms with Crippen molar-refractivity contribution in [2.75, 3.05) is 6.54 Å². The fourth-order valence-corrected chi connectivity index (χ4v) is 4.73. The van der Waals surface area contributed by atoms with Crippen molar-refractivity contribution in [3.8, 4) is 0 Å². The monoisotopic (exact) mass is 251 g/mol. The van der Waals surface area contributed by atoms with Gasteiger partial charge in [-0.3, -0.25) is 4.79 Å². The van der Waals surface area contributed by atoms with E-state index >= 15 is 0 Å². The van der Waals surface area contributed by atoms with Gasteiger partial charge >= 0.3 is 5.97 Å². The first-order chi connectivity index (χ1) is 8.55. The van der Waals surface area contributed by atoms with E-state index in [0.29, 0.717) is 5.96 Å². The van der Waals surface area contributed by atoms with Gasteiger partial charge in [0.15, 0.2) is 5.96 Å². The summed E-state index contributed by atoms with van der Waals surface area (Å²) in [5.74, 6) is 1.90. The Morgan fingerprint density at radius 3 is 2.17 bits per heavy atom. The van der Waals surface area contributed by atoms with Gasteiger partial charge < -0.3 is 16.2 Å². The second-order valence-corrected chi connectivity index (χ2v) is 6.42. The van der Waals surface area contributed by atoms with Crippen LogP contribution in [0.25, 0.3) is 0 Å². The summed E-state index contributed by atoms with van der Waals surface area (Å²) in [6, 6.07) is 0. The molecule has 5 nitrogen and oxygen atoms in total. The predicted octanol–water partition coefficient (Wildman–Crippen LogP) is 0.944. The summed E-state index contributed by atoms with van der Waals surface area (Å²) < 4.78 is 0. The molecule has 4 fully saturated rings. The molecule has 0 atom stereocenters. The molecule has 18 heavy (non-hydrogen) atoms. The maximum atomic E-state index is 10.5. The van der Waals surface area contributed by atoms with Gasteiger partial charge in [-0.1, -0.05) is 0 Å². The zero-order chi connectivity index (χ0) is 12.8. The Morgan fingerprint density at radius 1 is 1.22 bits per heavy atom. The van der Waals surface area contributed by atoms with Crippen LogP contribution in [0.2, 0.25) is 0 Å². The van der Waals surface area contributed by atoms with Crippen LogP contribution in [0.1, 0.15) is 38.5 Å². The van der Waals surface area contributed by atoms with E-state index < -0.39 is 5.97 Å². The van der Waals surface area contributed by atoms with Gasteiger partial charge in [-0.05, 0) is 56.3 Å². The van der Waals surface area contributed by atoms with Crippen LogP contribution in [0.5, 0.6) is 0 Å². The van der Waals surface area contributed by atoms with Gasteiger partial charge in [0.1, 0.15) is 6.54 Å². The summed E-state index contributed by atoms with van der Waals surface area (Å²) in [7, 11) is 0. The largest absolute Gasteiger partial charge is 0.480 e. The Bertz CT molecular complexity index is 356. The van der Waals surface area contributed by atoms with Crippen LogP contribution in [-0.2, 0) is 4.79 Å². The number of aliphatic carboxylic acids is 1. The summed E-state index contributed by atoms with van der Waals surface area (Å²) in [4.78, 5) is 14.4. The van der Waals surface area contributed by atoms with E-state index in [1.807, 2.05) is 0 Å². The van der Waals surface area contributed by atoms with E-state index in [1.165, 1.54) is 38.5 Å². The molecule has 100 valence electrons. The van der Waals surface area contributed by atoms with Gasteiger partial charge in [0.25, 0.3) is 0 Å². The summed E-state index contributed by atoms with van der Waals surface area (Å²) in [6.07, 6.45) is 7.69. The van der Waals surface area contributed by atoms with Crippen LogP contribution >= 0.6 is 0 Å². The average Bonchev–Trinajstić information content (AvgIpc) is 2.23. The van der Waals surface area contributed by atoms with Crippen LogP contribution < -0.4 is 11.1 Å². The highest BCUT2D eigenvalue weighted by Gasteiger charge is 2.51. The van der Waals surface area contributed by atoms with Gasteiger partial charge in [0, 0.05) is 5.54 Å². The highest BCUT2D eigenvalue weighted by molar-refractivity contribution is 5.81. The first kappa shape index (κ1) is 11.8. The molecule has 0 aromatic rings. The fraction of sp³-hybridized carbons (Fsp3) is 0.846. The van der Waals surface area contributed by atoms with Gasteiger partial charge in [-0.2, -0.15) is 0 Å². The summed E-state index contributed by atoms with van der Waals surface area (Å²) in [5.41, 5.74) is 5.93. The van der Waals surface area contributed by atoms with Gasteiger partial charge in [0.05, 0.1) is 0 Å². The molecule has 4 bridgehead atoms. The predicted molar refractivity (Wildman–Crippen MR) is 68.2 cm³/mol. The lowest BCUT2D eigenvalue weighted by atomic mass is 9.53. The highest BCUT2D eigenvalue weighted by Crippen LogP contribution is 2.55. The Hall–Kier alpha value is -1.26. The van der Waals surface area contributed by atoms with Gasteiger partial charge in [-0.25, -0.2) is 4.99 Å². The Kier molecular flexibility index (Phi) is 2.72. The number of hydrogen-bond donors (Lipinski definition) is 3. The minimum absolute atomic E-state index is 0.112. The molecule has 0 aromatic heterocycles. The minimum atomic E-state index is -0.940. The van der Waals surface area contributed by atoms with Crippen molar-refractivity contribution in [2.45, 2.75) is 44.1 Å². The number of carbonyl (C=O) groups is 1. The third-order valence-corrected chi connectivity index (χ3v) is 4.82. The molecule has 0 unspecified atom stereocenters. The van der Waals surface area contributed by atoms with E-state index in [2.05, 4.69) is 10.3 Å². The van der Waals surface area contributed by atoms with Gasteiger partial charge in [0.2, 0.25) is 0 Å². The van der Waals surface area contributed by atoms with Crippen molar-refractivity contribution >= 4 is 11.9 Å². The Morgan fingerprint density at radius 2 is 1.72 bits per heavy atom. The van der Waals surface area contributed by atoms with E-state index in [-0.39, 0.29) is 12.1 Å². The Balaban J connectivity index is 1.68. The maximum Gasteiger partial charge on any atom is 0.325 e. The van der Waals surface area contributed by atoms with Crippen molar-refractivity contribution in [1.82, 2.24) is 5.32 Å². The smallest absolute Gasteiger partial charge is 0.325 e. The number of nitrogens with zero attached hydrogens (tertiary/aromatic N) is 1. The van der Waals surface area contributed by atoms with Crippen molar-refractivity contribution in [2.24, 2.45) is 28.5 Å². The highest BCUT2D eigenvalue weighted by atomic mass is 16.4. The molecule has 0 aromatic carbocycles. The topological polar surface area (TPSA) is 87.7 Å². The van der Waals surface area contributed by atoms with Crippen molar-refractivity contribution < 1.29 is 9.90 Å². The fourth-order valence-electron chi connectivity index (χ4n) is 4.73. The first-order valence-corrected chi connectivity index (χ1v) is 6.84. The average molecular weight is 251 g/mol. The van der Waals surface area contributed by atoms with Crippen LogP contribution in [0.15, 0.2) is 4.99 Å². The van der Waals surface area contributed by atoms with E-state index in [1.54, 1.807) is 0 Å². The molecule has 5 heteroatoms. The number of nitrogens with two attached hydrogens (primary N) is 1. The second kappa shape index (κ2) is 4.14. The first-order valence-electron chi connectivity index (χ1n) is 6.84. The number of rotatable bonds is 3. The van der Waals surface area contributed by atoms with Gasteiger partial charge in [-0.15, -0.1) is 0 Å². The van der Waals surface area contributed by atoms with Crippen molar-refractivity contribution in [3.63, 3.8) is 0 Å². The molecule has 4 saturated carbocycles. The molecule has 0 spiro atoms. The lowest BCUT2D eigenvalue weighted by Gasteiger charge is -2.57. The standard InChI is InChI=1S/C13H21N3O2/c14-12(15-7-11(17)18)16-13-4-8-1-9(5-13)3-10(2-8)6-13/h8-10H,1-7H2,(H,17,18)(H3,14,15,16). The quantitative estimate of drug-likeness (QED) is 0.514. The van der Waals surface area contributed by atoms with Crippen LogP contribution in [-0.4, -0.2) is 29.1 Å². The van der Waals surface area contributed by atoms with E-state index in [9.17, 15) is 4.79 Å². The van der Waals surface area contributed by atoms with Crippen LogP contribution in [0.4, 0.5) is 0 Å². The second-order valence-electron chi connectivity index (χ2n) is 6.42. The Labute approximate surface area is 107 Å². The third kappa shape index (κ3) is 2.18. The van der Waals surface area contributed by atoms with E-state index in [4.69, 9.17) is 10.8 Å². The molecule has 0 saturated heterocycles. The van der Waals surface area contributed by atoms with Crippen LogP contribution in [0.3, 0.4) is 0 Å². The summed E-state index contributed by atoms with van der Waals surface area (Å²) in [6.45, 7) is -0.245. The number of carboxylic acid groups (broad SMARTS) is 1. The summed E-state index contributed by atoms with van der Waals surface area (Å²) >= 11 is 0. The number of aliphatic imine (C=N–C) groups is 1. The maximum absolute atomic E-state index is 10.5. The molecule has 4 N–H and O–H groups in total. The van der Waals surface area contributed by atoms with Crippen LogP contribution in [0, 0.1) is 17.8 Å². The molecule has 0 heterocycles. The molecule has 4 aliphatic carbocycles. The zero-order valence-corrected chi connectivity index (χ0v) is 10.6. The molecular formula is C13H21N3O2. The SMILES string of the molecule is NC(=NCC(=O)O)NC12CC3CC(CC(C3)C1)C2. The molecule has 4 rings (SSSR count). The molecular weight excluding hydrogens is 230 g/mol. The van der Waals surface area contributed by atoms with Crippen molar-refractivity contribution in [1.29, 1.82) is 0 Å². The summed E-state index contributed by atoms with van der Waals surface area (Å²) in [5, 5.41) is 11.9. The molecule has 0 radical (unpaired) electrons. The van der Waals surface area contributed by atoms with Crippen molar-refractivity contribution in [3.05, 3.63) is 0 Å². The minimum Gasteiger partial charge on any atom is -0.480 e. The lowest BCUT2D eigenvalue weighted by molar-refractivity contribution is -0.135. The number of nitrogens with one attached hydrogen (secondary N) is 1. The number of carboxylic acids is 1. The normalized spacial score (nSPS) is 42.0. The lowest BCUT2D eigenvalue weighted by Crippen LogP contribution is -2.61. The zero-order valence-electron chi connectivity index (χ0n) is 10.6. The molecule has 4 aliphatic rings. The van der Waals surface area contributed by atoms with E-state index in [0.717, 1.165) is 17.8 Å². The number of guanidine groups is 1. The number of hydrogen-bond acceptors (Lipinski definition) is 2. The molecule has 0 amide bonds.